The largest absolute Gasteiger partial charge is 0.455 e. The van der Waals surface area contributed by atoms with Crippen LogP contribution in [0.25, 0.3) is 0 Å². The molecule has 0 amide bonds. The summed E-state index contributed by atoms with van der Waals surface area (Å²) in [5, 5.41) is 0.432. The molecule has 0 unspecified atom stereocenters. The van der Waals surface area contributed by atoms with Crippen LogP contribution in [0.15, 0.2) is 36.4 Å². The molecule has 0 atom stereocenters. The van der Waals surface area contributed by atoms with Gasteiger partial charge in [0.05, 0.1) is 10.7 Å². The quantitative estimate of drug-likeness (QED) is 0.814. The Hall–Kier alpha value is -1.74. The highest BCUT2D eigenvalue weighted by Crippen LogP contribution is 2.32. The molecule has 88 valence electrons. The van der Waals surface area contributed by atoms with Crippen LogP contribution in [0.2, 0.25) is 5.02 Å². The molecule has 2 N–H and O–H groups in total. The Balaban J connectivity index is 2.31. The predicted molar refractivity (Wildman–Crippen MR) is 67.1 cm³/mol. The van der Waals surface area contributed by atoms with Crippen molar-refractivity contribution in [3.63, 3.8) is 0 Å². The van der Waals surface area contributed by atoms with Crippen molar-refractivity contribution in [3.05, 3.63) is 52.8 Å². The summed E-state index contributed by atoms with van der Waals surface area (Å²) in [6.45, 7) is 1.67. The third kappa shape index (κ3) is 2.50. The number of benzene rings is 2. The van der Waals surface area contributed by atoms with Crippen molar-refractivity contribution in [3.8, 4) is 11.5 Å². The van der Waals surface area contributed by atoms with Crippen molar-refractivity contribution < 1.29 is 9.13 Å². The molecule has 0 fully saturated rings. The Morgan fingerprint density at radius 3 is 2.71 bits per heavy atom. The van der Waals surface area contributed by atoms with E-state index in [1.807, 2.05) is 0 Å². The molecule has 2 aromatic rings. The van der Waals surface area contributed by atoms with Crippen LogP contribution in [0.1, 0.15) is 5.56 Å². The molecule has 0 spiro atoms. The lowest BCUT2D eigenvalue weighted by molar-refractivity contribution is 0.482. The van der Waals surface area contributed by atoms with Crippen LogP contribution in [0, 0.1) is 12.7 Å². The summed E-state index contributed by atoms with van der Waals surface area (Å²) in [5.74, 6) is 0.720. The Morgan fingerprint density at radius 2 is 2.00 bits per heavy atom. The van der Waals surface area contributed by atoms with Gasteiger partial charge < -0.3 is 10.5 Å². The van der Waals surface area contributed by atoms with Gasteiger partial charge in [-0.25, -0.2) is 4.39 Å². The fourth-order valence-corrected chi connectivity index (χ4v) is 1.58. The zero-order chi connectivity index (χ0) is 12.4. The first-order valence-corrected chi connectivity index (χ1v) is 5.43. The van der Waals surface area contributed by atoms with Crippen LogP contribution in [0.4, 0.5) is 10.1 Å². The Morgan fingerprint density at radius 1 is 1.24 bits per heavy atom. The second kappa shape index (κ2) is 4.63. The molecule has 2 aromatic carbocycles. The van der Waals surface area contributed by atoms with E-state index in [4.69, 9.17) is 22.1 Å². The van der Waals surface area contributed by atoms with Gasteiger partial charge in [0.25, 0.3) is 0 Å². The molecular formula is C13H11ClFNO. The topological polar surface area (TPSA) is 35.2 Å². The van der Waals surface area contributed by atoms with Crippen molar-refractivity contribution in [1.82, 2.24) is 0 Å². The first-order valence-electron chi connectivity index (χ1n) is 5.06. The number of aryl methyl sites for hydroxylation is 1. The Kier molecular flexibility index (Phi) is 3.20. The number of hydrogen-bond acceptors (Lipinski definition) is 2. The molecule has 0 aromatic heterocycles. The standard InChI is InChI=1S/C13H11ClFNO/c1-8-7-9(5-6-11(8)15)17-12-4-2-3-10(14)13(12)16/h2-7H,16H2,1H3. The molecule has 4 heteroatoms. The van der Waals surface area contributed by atoms with Gasteiger partial charge in [-0.3, -0.25) is 0 Å². The zero-order valence-electron chi connectivity index (χ0n) is 9.21. The van der Waals surface area contributed by atoms with Gasteiger partial charge >= 0.3 is 0 Å². The molecule has 0 saturated heterocycles. The molecule has 0 heterocycles. The maximum absolute atomic E-state index is 13.1. The smallest absolute Gasteiger partial charge is 0.151 e. The fourth-order valence-electron chi connectivity index (χ4n) is 1.41. The molecule has 0 aliphatic carbocycles. The van der Waals surface area contributed by atoms with E-state index in [0.717, 1.165) is 0 Å². The minimum Gasteiger partial charge on any atom is -0.455 e. The number of nitrogen functional groups attached to an aromatic ring is 1. The SMILES string of the molecule is Cc1cc(Oc2cccc(Cl)c2N)ccc1F. The van der Waals surface area contributed by atoms with Crippen molar-refractivity contribution in [2.75, 3.05) is 5.73 Å². The van der Waals surface area contributed by atoms with Crippen molar-refractivity contribution in [2.45, 2.75) is 6.92 Å². The molecule has 0 radical (unpaired) electrons. The number of ether oxygens (including phenoxy) is 1. The highest BCUT2D eigenvalue weighted by Gasteiger charge is 2.06. The van der Waals surface area contributed by atoms with E-state index in [0.29, 0.717) is 27.8 Å². The first-order chi connectivity index (χ1) is 8.08. The fraction of sp³-hybridized carbons (Fsp3) is 0.0769. The van der Waals surface area contributed by atoms with Crippen LogP contribution in [0.3, 0.4) is 0 Å². The highest BCUT2D eigenvalue weighted by atomic mass is 35.5. The normalized spacial score (nSPS) is 10.3. The summed E-state index contributed by atoms with van der Waals surface area (Å²) in [4.78, 5) is 0. The van der Waals surface area contributed by atoms with Gasteiger partial charge in [-0.1, -0.05) is 17.7 Å². The van der Waals surface area contributed by atoms with Crippen LogP contribution in [-0.4, -0.2) is 0 Å². The molecule has 2 rings (SSSR count). The van der Waals surface area contributed by atoms with Gasteiger partial charge in [-0.15, -0.1) is 0 Å². The number of halogens is 2. The van der Waals surface area contributed by atoms with E-state index in [1.54, 1.807) is 37.3 Å². The molecular weight excluding hydrogens is 241 g/mol. The lowest BCUT2D eigenvalue weighted by atomic mass is 10.2. The number of hydrogen-bond donors (Lipinski definition) is 1. The predicted octanol–water partition coefficient (Wildman–Crippen LogP) is 4.16. The third-order valence-electron chi connectivity index (χ3n) is 2.37. The van der Waals surface area contributed by atoms with Gasteiger partial charge in [-0.05, 0) is 42.8 Å². The monoisotopic (exact) mass is 251 g/mol. The van der Waals surface area contributed by atoms with E-state index in [-0.39, 0.29) is 5.82 Å². The summed E-state index contributed by atoms with van der Waals surface area (Å²) in [6, 6.07) is 9.63. The number of anilines is 1. The summed E-state index contributed by atoms with van der Waals surface area (Å²) < 4.78 is 18.6. The average Bonchev–Trinajstić information content (AvgIpc) is 2.30. The van der Waals surface area contributed by atoms with Crippen LogP contribution in [-0.2, 0) is 0 Å². The minimum absolute atomic E-state index is 0.267. The van der Waals surface area contributed by atoms with Crippen LogP contribution >= 0.6 is 11.6 Å². The van der Waals surface area contributed by atoms with E-state index < -0.39 is 0 Å². The number of rotatable bonds is 2. The van der Waals surface area contributed by atoms with Crippen LogP contribution in [0.5, 0.6) is 11.5 Å². The number of nitrogens with two attached hydrogens (primary N) is 1. The van der Waals surface area contributed by atoms with Gasteiger partial charge in [0.1, 0.15) is 11.6 Å². The van der Waals surface area contributed by atoms with E-state index >= 15 is 0 Å². The van der Waals surface area contributed by atoms with Crippen molar-refractivity contribution in [1.29, 1.82) is 0 Å². The maximum Gasteiger partial charge on any atom is 0.151 e. The average molecular weight is 252 g/mol. The molecule has 0 saturated carbocycles. The second-order valence-electron chi connectivity index (χ2n) is 3.66. The van der Waals surface area contributed by atoms with Gasteiger partial charge in [-0.2, -0.15) is 0 Å². The summed E-state index contributed by atoms with van der Waals surface area (Å²) in [7, 11) is 0. The number of para-hydroxylation sites is 1. The van der Waals surface area contributed by atoms with Gasteiger partial charge in [0, 0.05) is 0 Å². The van der Waals surface area contributed by atoms with E-state index in [1.165, 1.54) is 6.07 Å². The molecule has 0 bridgehead atoms. The third-order valence-corrected chi connectivity index (χ3v) is 2.70. The Labute approximate surface area is 104 Å². The molecule has 0 aliphatic rings. The first kappa shape index (κ1) is 11.7. The summed E-state index contributed by atoms with van der Waals surface area (Å²) >= 11 is 5.87. The lowest BCUT2D eigenvalue weighted by Crippen LogP contribution is -1.93. The van der Waals surface area contributed by atoms with E-state index in [9.17, 15) is 4.39 Å². The van der Waals surface area contributed by atoms with Gasteiger partial charge in [0.15, 0.2) is 5.75 Å². The molecule has 2 nitrogen and oxygen atoms in total. The van der Waals surface area contributed by atoms with Crippen molar-refractivity contribution >= 4 is 17.3 Å². The summed E-state index contributed by atoms with van der Waals surface area (Å²) in [6.07, 6.45) is 0. The summed E-state index contributed by atoms with van der Waals surface area (Å²) in [5.41, 5.74) is 6.66. The van der Waals surface area contributed by atoms with Crippen molar-refractivity contribution in [2.24, 2.45) is 0 Å². The molecule has 17 heavy (non-hydrogen) atoms. The van der Waals surface area contributed by atoms with Crippen LogP contribution < -0.4 is 10.5 Å². The maximum atomic E-state index is 13.1. The van der Waals surface area contributed by atoms with Gasteiger partial charge in [0.2, 0.25) is 0 Å². The Bertz CT molecular complexity index is 557. The molecule has 0 aliphatic heterocycles. The highest BCUT2D eigenvalue weighted by molar-refractivity contribution is 6.33. The minimum atomic E-state index is -0.267. The second-order valence-corrected chi connectivity index (χ2v) is 4.07. The lowest BCUT2D eigenvalue weighted by Gasteiger charge is -2.10. The zero-order valence-corrected chi connectivity index (χ0v) is 9.96. The van der Waals surface area contributed by atoms with E-state index in [2.05, 4.69) is 0 Å².